The molecule has 0 saturated heterocycles. The van der Waals surface area contributed by atoms with E-state index < -0.39 is 11.9 Å². The van der Waals surface area contributed by atoms with Crippen molar-refractivity contribution in [3.63, 3.8) is 0 Å². The number of benzene rings is 1. The Balaban J connectivity index is 2.08. The predicted octanol–water partition coefficient (Wildman–Crippen LogP) is 3.12. The van der Waals surface area contributed by atoms with Crippen molar-refractivity contribution in [3.8, 4) is 6.07 Å². The average Bonchev–Trinajstić information content (AvgIpc) is 2.89. The highest BCUT2D eigenvalue weighted by molar-refractivity contribution is 5.90. The van der Waals surface area contributed by atoms with Crippen LogP contribution in [0.25, 0.3) is 5.57 Å². The van der Waals surface area contributed by atoms with Crippen LogP contribution in [-0.4, -0.2) is 9.97 Å². The van der Waals surface area contributed by atoms with Crippen molar-refractivity contribution in [1.82, 2.24) is 9.97 Å². The Labute approximate surface area is 134 Å². The number of alkyl halides is 3. The van der Waals surface area contributed by atoms with Gasteiger partial charge in [-0.1, -0.05) is 0 Å². The lowest BCUT2D eigenvalue weighted by atomic mass is 10.2. The highest BCUT2D eigenvalue weighted by atomic mass is 19.4. The highest BCUT2D eigenvalue weighted by Gasteiger charge is 2.34. The topological polar surface area (TPSA) is 99.7 Å². The van der Waals surface area contributed by atoms with Gasteiger partial charge in [0, 0.05) is 11.4 Å². The quantitative estimate of drug-likeness (QED) is 0.548. The fourth-order valence-corrected chi connectivity index (χ4v) is 2.24. The van der Waals surface area contributed by atoms with Gasteiger partial charge in [0.25, 0.3) is 0 Å². The zero-order valence-electron chi connectivity index (χ0n) is 12.4. The Kier molecular flexibility index (Phi) is 3.52. The SMILES string of the molecule is Cc1cc(C(F)(F)F)nc(/C(C#N)=C2\Nc3ccc(N)cc3N2)n1. The van der Waals surface area contributed by atoms with Gasteiger partial charge in [0.2, 0.25) is 0 Å². The monoisotopic (exact) mass is 332 g/mol. The number of halogens is 3. The van der Waals surface area contributed by atoms with Gasteiger partial charge in [-0.25, -0.2) is 9.97 Å². The summed E-state index contributed by atoms with van der Waals surface area (Å²) in [4.78, 5) is 7.43. The Morgan fingerprint density at radius 1 is 1.17 bits per heavy atom. The third kappa shape index (κ3) is 2.81. The molecular formula is C15H11F3N6. The van der Waals surface area contributed by atoms with Gasteiger partial charge < -0.3 is 16.4 Å². The fourth-order valence-electron chi connectivity index (χ4n) is 2.24. The maximum absolute atomic E-state index is 12.9. The van der Waals surface area contributed by atoms with Crippen LogP contribution in [0, 0.1) is 18.3 Å². The van der Waals surface area contributed by atoms with Crippen molar-refractivity contribution in [2.45, 2.75) is 13.1 Å². The first kappa shape index (κ1) is 15.6. The molecule has 1 aromatic carbocycles. The smallest absolute Gasteiger partial charge is 0.399 e. The number of hydrogen-bond donors (Lipinski definition) is 3. The summed E-state index contributed by atoms with van der Waals surface area (Å²) in [5.41, 5.74) is 6.34. The Morgan fingerprint density at radius 2 is 1.88 bits per heavy atom. The van der Waals surface area contributed by atoms with Crippen molar-refractivity contribution in [3.05, 3.63) is 47.3 Å². The van der Waals surface area contributed by atoms with Gasteiger partial charge in [0.05, 0.1) is 11.4 Å². The number of rotatable bonds is 1. The first-order valence-electron chi connectivity index (χ1n) is 6.79. The van der Waals surface area contributed by atoms with Crippen LogP contribution in [0.3, 0.4) is 0 Å². The summed E-state index contributed by atoms with van der Waals surface area (Å²) < 4.78 is 38.8. The molecule has 0 amide bonds. The molecule has 0 bridgehead atoms. The Morgan fingerprint density at radius 3 is 2.54 bits per heavy atom. The molecule has 6 nitrogen and oxygen atoms in total. The minimum atomic E-state index is -4.62. The van der Waals surface area contributed by atoms with Gasteiger partial charge in [-0.2, -0.15) is 18.4 Å². The summed E-state index contributed by atoms with van der Waals surface area (Å²) >= 11 is 0. The Bertz CT molecular complexity index is 895. The zero-order valence-corrected chi connectivity index (χ0v) is 12.4. The number of fused-ring (bicyclic) bond motifs is 1. The molecule has 0 radical (unpaired) electrons. The van der Waals surface area contributed by atoms with Crippen molar-refractivity contribution in [1.29, 1.82) is 5.26 Å². The van der Waals surface area contributed by atoms with Gasteiger partial charge in [-0.05, 0) is 31.2 Å². The molecule has 1 aliphatic rings. The van der Waals surface area contributed by atoms with Crippen LogP contribution < -0.4 is 16.4 Å². The second kappa shape index (κ2) is 5.42. The number of nitrogen functional groups attached to an aromatic ring is 1. The third-order valence-electron chi connectivity index (χ3n) is 3.29. The molecule has 2 heterocycles. The van der Waals surface area contributed by atoms with E-state index in [1.807, 2.05) is 6.07 Å². The molecule has 122 valence electrons. The van der Waals surface area contributed by atoms with Crippen molar-refractivity contribution < 1.29 is 13.2 Å². The van der Waals surface area contributed by atoms with E-state index in [1.54, 1.807) is 18.2 Å². The van der Waals surface area contributed by atoms with Gasteiger partial charge in [0.15, 0.2) is 5.82 Å². The van der Waals surface area contributed by atoms with Crippen molar-refractivity contribution >= 4 is 22.6 Å². The van der Waals surface area contributed by atoms with Gasteiger partial charge in [-0.15, -0.1) is 0 Å². The minimum absolute atomic E-state index is 0.112. The molecule has 0 saturated carbocycles. The number of nitriles is 1. The maximum Gasteiger partial charge on any atom is 0.433 e. The first-order chi connectivity index (χ1) is 11.3. The van der Waals surface area contributed by atoms with E-state index in [1.165, 1.54) is 6.92 Å². The summed E-state index contributed by atoms with van der Waals surface area (Å²) in [5.74, 6) is -0.0996. The van der Waals surface area contributed by atoms with Gasteiger partial charge >= 0.3 is 6.18 Å². The van der Waals surface area contributed by atoms with E-state index in [9.17, 15) is 18.4 Å². The summed E-state index contributed by atoms with van der Waals surface area (Å²) in [6, 6.07) is 7.67. The number of allylic oxidation sites excluding steroid dienone is 1. The second-order valence-electron chi connectivity index (χ2n) is 5.13. The summed E-state index contributed by atoms with van der Waals surface area (Å²) in [5, 5.41) is 15.2. The first-order valence-corrected chi connectivity index (χ1v) is 6.79. The summed E-state index contributed by atoms with van der Waals surface area (Å²) in [6.45, 7) is 1.41. The van der Waals surface area contributed by atoms with Crippen LogP contribution >= 0.6 is 0 Å². The minimum Gasteiger partial charge on any atom is -0.399 e. The zero-order chi connectivity index (χ0) is 17.5. The van der Waals surface area contributed by atoms with Crippen LogP contribution in [-0.2, 0) is 6.18 Å². The van der Waals surface area contributed by atoms with Gasteiger partial charge in [0.1, 0.15) is 23.2 Å². The van der Waals surface area contributed by atoms with E-state index in [2.05, 4.69) is 20.6 Å². The van der Waals surface area contributed by atoms with Crippen LogP contribution in [0.4, 0.5) is 30.2 Å². The van der Waals surface area contributed by atoms with Crippen LogP contribution in [0.1, 0.15) is 17.2 Å². The van der Waals surface area contributed by atoms with Crippen LogP contribution in [0.15, 0.2) is 30.1 Å². The number of hydrogen-bond acceptors (Lipinski definition) is 6. The lowest BCUT2D eigenvalue weighted by molar-refractivity contribution is -0.141. The highest BCUT2D eigenvalue weighted by Crippen LogP contribution is 2.35. The molecule has 1 aliphatic heterocycles. The van der Waals surface area contributed by atoms with E-state index in [-0.39, 0.29) is 22.9 Å². The molecule has 0 spiro atoms. The van der Waals surface area contributed by atoms with E-state index in [0.29, 0.717) is 17.1 Å². The number of aryl methyl sites for hydroxylation is 1. The van der Waals surface area contributed by atoms with Crippen molar-refractivity contribution in [2.24, 2.45) is 0 Å². The lowest BCUT2D eigenvalue weighted by Gasteiger charge is -2.09. The Hall–Kier alpha value is -3.28. The number of anilines is 3. The molecule has 1 aromatic heterocycles. The summed E-state index contributed by atoms with van der Waals surface area (Å²) in [6.07, 6.45) is -4.62. The largest absolute Gasteiger partial charge is 0.433 e. The summed E-state index contributed by atoms with van der Waals surface area (Å²) in [7, 11) is 0. The van der Waals surface area contributed by atoms with Crippen LogP contribution in [0.2, 0.25) is 0 Å². The molecule has 0 atom stereocenters. The molecule has 24 heavy (non-hydrogen) atoms. The lowest BCUT2D eigenvalue weighted by Crippen LogP contribution is -2.13. The normalized spacial score (nSPS) is 15.1. The van der Waals surface area contributed by atoms with Crippen molar-refractivity contribution in [2.75, 3.05) is 16.4 Å². The molecular weight excluding hydrogens is 321 g/mol. The predicted molar refractivity (Wildman–Crippen MR) is 82.4 cm³/mol. The molecule has 0 unspecified atom stereocenters. The second-order valence-corrected chi connectivity index (χ2v) is 5.13. The number of nitrogens with two attached hydrogens (primary N) is 1. The molecule has 0 fully saturated rings. The number of nitrogens with one attached hydrogen (secondary N) is 2. The van der Waals surface area contributed by atoms with Crippen LogP contribution in [0.5, 0.6) is 0 Å². The number of aromatic nitrogens is 2. The fraction of sp³-hybridized carbons (Fsp3) is 0.133. The van der Waals surface area contributed by atoms with E-state index >= 15 is 0 Å². The molecule has 4 N–H and O–H groups in total. The van der Waals surface area contributed by atoms with E-state index in [0.717, 1.165) is 6.07 Å². The van der Waals surface area contributed by atoms with E-state index in [4.69, 9.17) is 5.73 Å². The maximum atomic E-state index is 12.9. The van der Waals surface area contributed by atoms with Gasteiger partial charge in [-0.3, -0.25) is 0 Å². The standard InChI is InChI=1S/C15H11F3N6/c1-7-4-12(15(16,17)18)24-13(21-7)9(6-19)14-22-10-3-2-8(20)5-11(10)23-14/h2-5,22-23H,20H2,1H3/b14-9+. The molecule has 2 aromatic rings. The average molecular weight is 332 g/mol. The molecule has 3 rings (SSSR count). The molecule has 9 heteroatoms. The number of nitrogens with zero attached hydrogens (tertiary/aromatic N) is 3. The molecule has 0 aliphatic carbocycles. The third-order valence-corrected chi connectivity index (χ3v) is 3.29.